The van der Waals surface area contributed by atoms with E-state index < -0.39 is 11.8 Å². The molecule has 0 radical (unpaired) electrons. The van der Waals surface area contributed by atoms with E-state index in [1.807, 2.05) is 0 Å². The highest BCUT2D eigenvalue weighted by molar-refractivity contribution is 9.09. The first-order valence-corrected chi connectivity index (χ1v) is 5.59. The largest absolute Gasteiger partial charge is 0.325 e. The summed E-state index contributed by atoms with van der Waals surface area (Å²) in [5.41, 5.74) is 1.12. The molecule has 6 heteroatoms. The molecule has 0 atom stereocenters. The van der Waals surface area contributed by atoms with Crippen LogP contribution in [0.2, 0.25) is 0 Å². The molecule has 82 valence electrons. The fraction of sp³-hybridized carbons (Fsp3) is 0.100. The molecule has 1 aliphatic heterocycles. The van der Waals surface area contributed by atoms with Crippen molar-refractivity contribution in [3.8, 4) is 0 Å². The van der Waals surface area contributed by atoms with Gasteiger partial charge < -0.3 is 5.32 Å². The molecule has 0 saturated heterocycles. The normalized spacial score (nSPS) is 13.3. The molecule has 5 nitrogen and oxygen atoms in total. The highest BCUT2D eigenvalue weighted by Crippen LogP contribution is 2.20. The maximum Gasteiger partial charge on any atom is 0.259 e. The van der Waals surface area contributed by atoms with Crippen LogP contribution in [0.3, 0.4) is 0 Å². The van der Waals surface area contributed by atoms with Crippen LogP contribution in [-0.4, -0.2) is 23.1 Å². The smallest absolute Gasteiger partial charge is 0.259 e. The highest BCUT2D eigenvalue weighted by atomic mass is 79.9. The second-order valence-electron chi connectivity index (χ2n) is 3.23. The van der Waals surface area contributed by atoms with Crippen LogP contribution in [0.1, 0.15) is 20.7 Å². The van der Waals surface area contributed by atoms with Crippen molar-refractivity contribution in [3.63, 3.8) is 0 Å². The van der Waals surface area contributed by atoms with Crippen molar-refractivity contribution < 1.29 is 14.4 Å². The van der Waals surface area contributed by atoms with Gasteiger partial charge in [0.2, 0.25) is 5.91 Å². The zero-order valence-corrected chi connectivity index (χ0v) is 9.63. The van der Waals surface area contributed by atoms with Crippen molar-refractivity contribution in [2.45, 2.75) is 0 Å². The Kier molecular flexibility index (Phi) is 2.74. The third-order valence-corrected chi connectivity index (χ3v) is 2.65. The molecule has 0 spiro atoms. The van der Waals surface area contributed by atoms with Gasteiger partial charge in [0.15, 0.2) is 0 Å². The zero-order chi connectivity index (χ0) is 11.7. The molecule has 1 aromatic rings. The van der Waals surface area contributed by atoms with Crippen LogP contribution in [0.15, 0.2) is 18.2 Å². The average molecular weight is 283 g/mol. The maximum atomic E-state index is 11.3. The first-order valence-electron chi connectivity index (χ1n) is 4.47. The molecule has 2 rings (SSSR count). The molecule has 1 heterocycles. The van der Waals surface area contributed by atoms with Crippen LogP contribution < -0.4 is 10.6 Å². The van der Waals surface area contributed by atoms with Crippen LogP contribution in [0.5, 0.6) is 0 Å². The Labute approximate surface area is 99.3 Å². The SMILES string of the molecule is O=C(CBr)Nc1ccc2c(c1)C(=O)NC2=O. The monoisotopic (exact) mass is 282 g/mol. The van der Waals surface area contributed by atoms with Gasteiger partial charge in [-0.25, -0.2) is 0 Å². The van der Waals surface area contributed by atoms with Crippen molar-refractivity contribution >= 4 is 39.3 Å². The molecule has 2 N–H and O–H groups in total. The number of halogens is 1. The molecular formula is C10H7BrN2O3. The van der Waals surface area contributed by atoms with Gasteiger partial charge in [0.1, 0.15) is 0 Å². The Balaban J connectivity index is 2.33. The number of hydrogen-bond acceptors (Lipinski definition) is 3. The van der Waals surface area contributed by atoms with Gasteiger partial charge in [-0.3, -0.25) is 19.7 Å². The van der Waals surface area contributed by atoms with E-state index >= 15 is 0 Å². The summed E-state index contributed by atoms with van der Waals surface area (Å²) in [7, 11) is 0. The van der Waals surface area contributed by atoms with Crippen molar-refractivity contribution in [1.29, 1.82) is 0 Å². The first kappa shape index (κ1) is 10.8. The maximum absolute atomic E-state index is 11.3. The summed E-state index contributed by atoms with van der Waals surface area (Å²) in [6, 6.07) is 4.58. The third kappa shape index (κ3) is 1.83. The minimum atomic E-state index is -0.435. The molecule has 3 amide bonds. The fourth-order valence-corrected chi connectivity index (χ4v) is 1.58. The first-order chi connectivity index (χ1) is 7.61. The Bertz CT molecular complexity index is 499. The van der Waals surface area contributed by atoms with Gasteiger partial charge in [-0.2, -0.15) is 0 Å². The van der Waals surface area contributed by atoms with E-state index in [4.69, 9.17) is 0 Å². The van der Waals surface area contributed by atoms with Gasteiger partial charge >= 0.3 is 0 Å². The zero-order valence-electron chi connectivity index (χ0n) is 8.04. The quantitative estimate of drug-likeness (QED) is 0.625. The second kappa shape index (κ2) is 4.05. The van der Waals surface area contributed by atoms with E-state index in [0.717, 1.165) is 0 Å². The Morgan fingerprint density at radius 1 is 1.25 bits per heavy atom. The minimum absolute atomic E-state index is 0.176. The summed E-state index contributed by atoms with van der Waals surface area (Å²) in [6.07, 6.45) is 0. The average Bonchev–Trinajstić information content (AvgIpc) is 2.54. The van der Waals surface area contributed by atoms with Gasteiger partial charge in [-0.15, -0.1) is 0 Å². The summed E-state index contributed by atoms with van der Waals surface area (Å²) < 4.78 is 0. The number of hydrogen-bond donors (Lipinski definition) is 2. The van der Waals surface area contributed by atoms with E-state index in [2.05, 4.69) is 26.6 Å². The Morgan fingerprint density at radius 3 is 2.62 bits per heavy atom. The molecular weight excluding hydrogens is 276 g/mol. The molecule has 0 saturated carbocycles. The van der Waals surface area contributed by atoms with Crippen LogP contribution >= 0.6 is 15.9 Å². The standard InChI is InChI=1S/C10H7BrN2O3/c11-4-8(14)12-5-1-2-6-7(3-5)10(16)13-9(6)15/h1-3H,4H2,(H,12,14)(H,13,15,16). The van der Waals surface area contributed by atoms with Gasteiger partial charge in [0.25, 0.3) is 11.8 Å². The number of amides is 3. The summed E-state index contributed by atoms with van der Waals surface area (Å²) in [4.78, 5) is 33.7. The van der Waals surface area contributed by atoms with Crippen LogP contribution in [0.25, 0.3) is 0 Å². The Hall–Kier alpha value is -1.69. The number of anilines is 1. The molecule has 0 unspecified atom stereocenters. The lowest BCUT2D eigenvalue weighted by Crippen LogP contribution is -2.19. The van der Waals surface area contributed by atoms with Crippen LogP contribution in [0.4, 0.5) is 5.69 Å². The predicted molar refractivity (Wildman–Crippen MR) is 60.7 cm³/mol. The van der Waals surface area contributed by atoms with E-state index in [-0.39, 0.29) is 16.8 Å². The number of imide groups is 1. The lowest BCUT2D eigenvalue weighted by Gasteiger charge is -2.03. The number of nitrogens with one attached hydrogen (secondary N) is 2. The van der Waals surface area contributed by atoms with Gasteiger partial charge in [-0.1, -0.05) is 15.9 Å². The van der Waals surface area contributed by atoms with E-state index in [0.29, 0.717) is 11.3 Å². The summed E-state index contributed by atoms with van der Waals surface area (Å²) in [5.74, 6) is -1.06. The van der Waals surface area contributed by atoms with Crippen LogP contribution in [0, 0.1) is 0 Å². The minimum Gasteiger partial charge on any atom is -0.325 e. The van der Waals surface area contributed by atoms with E-state index in [9.17, 15) is 14.4 Å². The Morgan fingerprint density at radius 2 is 1.94 bits per heavy atom. The number of rotatable bonds is 2. The second-order valence-corrected chi connectivity index (χ2v) is 3.79. The molecule has 16 heavy (non-hydrogen) atoms. The fourth-order valence-electron chi connectivity index (χ4n) is 1.44. The van der Waals surface area contributed by atoms with Gasteiger partial charge in [-0.05, 0) is 18.2 Å². The molecule has 1 aliphatic rings. The number of fused-ring (bicyclic) bond motifs is 1. The lowest BCUT2D eigenvalue weighted by atomic mass is 10.1. The third-order valence-electron chi connectivity index (χ3n) is 2.14. The number of carbonyl (C=O) groups is 3. The number of alkyl halides is 1. The van der Waals surface area contributed by atoms with Crippen molar-refractivity contribution in [3.05, 3.63) is 29.3 Å². The predicted octanol–water partition coefficient (Wildman–Crippen LogP) is 0.904. The highest BCUT2D eigenvalue weighted by Gasteiger charge is 2.26. The lowest BCUT2D eigenvalue weighted by molar-refractivity contribution is -0.113. The summed E-state index contributed by atoms with van der Waals surface area (Å²) in [6.45, 7) is 0. The van der Waals surface area contributed by atoms with Crippen molar-refractivity contribution in [1.82, 2.24) is 5.32 Å². The summed E-state index contributed by atoms with van der Waals surface area (Å²) >= 11 is 3.01. The van der Waals surface area contributed by atoms with Gasteiger partial charge in [0, 0.05) is 5.69 Å². The van der Waals surface area contributed by atoms with Gasteiger partial charge in [0.05, 0.1) is 16.5 Å². The molecule has 0 aliphatic carbocycles. The number of benzene rings is 1. The molecule has 0 bridgehead atoms. The van der Waals surface area contributed by atoms with Crippen molar-refractivity contribution in [2.24, 2.45) is 0 Å². The van der Waals surface area contributed by atoms with E-state index in [1.54, 1.807) is 6.07 Å². The van der Waals surface area contributed by atoms with E-state index in [1.165, 1.54) is 12.1 Å². The van der Waals surface area contributed by atoms with Crippen LogP contribution in [-0.2, 0) is 4.79 Å². The topological polar surface area (TPSA) is 75.3 Å². The van der Waals surface area contributed by atoms with Crippen molar-refractivity contribution in [2.75, 3.05) is 10.6 Å². The number of carbonyl (C=O) groups excluding carboxylic acids is 3. The molecule has 0 fully saturated rings. The molecule has 0 aromatic heterocycles. The molecule has 1 aromatic carbocycles. The summed E-state index contributed by atoms with van der Waals surface area (Å²) in [5, 5.41) is 4.93.